The molecule has 2 aliphatic rings. The predicted octanol–water partition coefficient (Wildman–Crippen LogP) is 2.55. The molecule has 1 fully saturated rings. The Kier molecular flexibility index (Phi) is 4.96. The molecule has 5 heteroatoms. The number of carbonyl (C=O) groups excluding carboxylic acids is 1. The van der Waals surface area contributed by atoms with Crippen molar-refractivity contribution < 1.29 is 19.4 Å². The molecule has 3 rings (SSSR count). The van der Waals surface area contributed by atoms with Crippen molar-refractivity contribution in [3.05, 3.63) is 35.4 Å². The first-order chi connectivity index (χ1) is 11.2. The van der Waals surface area contributed by atoms with E-state index in [0.29, 0.717) is 19.6 Å². The molecule has 0 saturated carbocycles. The number of rotatable bonds is 4. The molecule has 2 aliphatic heterocycles. The first-order valence-corrected chi connectivity index (χ1v) is 8.38. The molecule has 2 heterocycles. The number of nitrogens with zero attached hydrogens (tertiary/aromatic N) is 1. The van der Waals surface area contributed by atoms with E-state index < -0.39 is 12.1 Å². The van der Waals surface area contributed by atoms with E-state index in [2.05, 4.69) is 6.07 Å². The number of piperidine rings is 1. The number of likely N-dealkylation sites (tertiary alicyclic amines) is 1. The van der Waals surface area contributed by atoms with Crippen molar-refractivity contribution in [2.45, 2.75) is 50.7 Å². The van der Waals surface area contributed by atoms with Crippen LogP contribution in [0.3, 0.4) is 0 Å². The maximum atomic E-state index is 13.0. The van der Waals surface area contributed by atoms with Crippen molar-refractivity contribution >= 4 is 11.9 Å². The molecule has 1 aromatic carbocycles. The van der Waals surface area contributed by atoms with Gasteiger partial charge in [-0.15, -0.1) is 0 Å². The Morgan fingerprint density at radius 2 is 2.09 bits per heavy atom. The van der Waals surface area contributed by atoms with Gasteiger partial charge in [-0.05, 0) is 43.2 Å². The summed E-state index contributed by atoms with van der Waals surface area (Å²) in [7, 11) is 0. The maximum absolute atomic E-state index is 13.0. The Bertz CT molecular complexity index is 586. The molecular weight excluding hydrogens is 294 g/mol. The number of carbonyl (C=O) groups is 2. The van der Waals surface area contributed by atoms with Crippen LogP contribution in [0.25, 0.3) is 0 Å². The smallest absolute Gasteiger partial charge is 0.303 e. The molecule has 0 bridgehead atoms. The second-order valence-corrected chi connectivity index (χ2v) is 6.31. The van der Waals surface area contributed by atoms with Crippen molar-refractivity contribution in [2.24, 2.45) is 0 Å². The van der Waals surface area contributed by atoms with Gasteiger partial charge < -0.3 is 14.7 Å². The highest BCUT2D eigenvalue weighted by Crippen LogP contribution is 2.31. The van der Waals surface area contributed by atoms with E-state index in [-0.39, 0.29) is 18.4 Å². The number of ether oxygens (including phenoxy) is 1. The minimum atomic E-state index is -0.803. The van der Waals surface area contributed by atoms with Crippen LogP contribution in [0, 0.1) is 0 Å². The Morgan fingerprint density at radius 3 is 2.91 bits per heavy atom. The molecule has 124 valence electrons. The summed E-state index contributed by atoms with van der Waals surface area (Å²) in [5.74, 6) is -0.811. The van der Waals surface area contributed by atoms with Gasteiger partial charge in [0.25, 0.3) is 5.91 Å². The van der Waals surface area contributed by atoms with Gasteiger partial charge >= 0.3 is 5.97 Å². The van der Waals surface area contributed by atoms with Gasteiger partial charge in [-0.25, -0.2) is 0 Å². The topological polar surface area (TPSA) is 66.8 Å². The third kappa shape index (κ3) is 3.55. The SMILES string of the molecule is O=C(O)CC[C@H]1CCCCN1C(=O)[C@H]1OCCc2ccccc21. The molecule has 0 aliphatic carbocycles. The number of carboxylic acids is 1. The Labute approximate surface area is 136 Å². The van der Waals surface area contributed by atoms with Crippen LogP contribution in [0.5, 0.6) is 0 Å². The highest BCUT2D eigenvalue weighted by atomic mass is 16.5. The largest absolute Gasteiger partial charge is 0.481 e. The highest BCUT2D eigenvalue weighted by Gasteiger charge is 2.35. The molecule has 1 amide bonds. The minimum Gasteiger partial charge on any atom is -0.481 e. The van der Waals surface area contributed by atoms with Crippen LogP contribution in [0.1, 0.15) is 49.3 Å². The number of benzene rings is 1. The van der Waals surface area contributed by atoms with Crippen molar-refractivity contribution in [3.8, 4) is 0 Å². The molecule has 23 heavy (non-hydrogen) atoms. The summed E-state index contributed by atoms with van der Waals surface area (Å²) in [6.07, 6.45) is 3.84. The molecule has 2 atom stereocenters. The summed E-state index contributed by atoms with van der Waals surface area (Å²) in [4.78, 5) is 25.7. The Balaban J connectivity index is 1.77. The van der Waals surface area contributed by atoms with E-state index in [1.165, 1.54) is 5.56 Å². The van der Waals surface area contributed by atoms with Gasteiger partial charge in [-0.1, -0.05) is 24.3 Å². The zero-order valence-corrected chi connectivity index (χ0v) is 13.2. The molecule has 1 aromatic rings. The second kappa shape index (κ2) is 7.13. The zero-order valence-electron chi connectivity index (χ0n) is 13.2. The van der Waals surface area contributed by atoms with E-state index in [1.807, 2.05) is 23.1 Å². The van der Waals surface area contributed by atoms with Gasteiger partial charge in [0.2, 0.25) is 0 Å². The summed E-state index contributed by atoms with van der Waals surface area (Å²) >= 11 is 0. The van der Waals surface area contributed by atoms with Crippen molar-refractivity contribution in [3.63, 3.8) is 0 Å². The highest BCUT2D eigenvalue weighted by molar-refractivity contribution is 5.83. The fraction of sp³-hybridized carbons (Fsp3) is 0.556. The lowest BCUT2D eigenvalue weighted by Gasteiger charge is -2.39. The molecule has 1 N–H and O–H groups in total. The number of fused-ring (bicyclic) bond motifs is 1. The third-order valence-corrected chi connectivity index (χ3v) is 4.82. The summed E-state index contributed by atoms with van der Waals surface area (Å²) < 4.78 is 5.79. The van der Waals surface area contributed by atoms with Gasteiger partial charge in [-0.2, -0.15) is 0 Å². The fourth-order valence-corrected chi connectivity index (χ4v) is 3.63. The predicted molar refractivity (Wildman–Crippen MR) is 85.1 cm³/mol. The van der Waals surface area contributed by atoms with Crippen LogP contribution in [-0.4, -0.2) is 41.1 Å². The summed E-state index contributed by atoms with van der Waals surface area (Å²) in [6, 6.07) is 7.96. The molecule has 0 aromatic heterocycles. The lowest BCUT2D eigenvalue weighted by atomic mass is 9.93. The van der Waals surface area contributed by atoms with E-state index >= 15 is 0 Å². The lowest BCUT2D eigenvalue weighted by Crippen LogP contribution is -2.47. The van der Waals surface area contributed by atoms with Gasteiger partial charge in [0.15, 0.2) is 6.10 Å². The first kappa shape index (κ1) is 16.0. The second-order valence-electron chi connectivity index (χ2n) is 6.31. The summed E-state index contributed by atoms with van der Waals surface area (Å²) in [6.45, 7) is 1.26. The summed E-state index contributed by atoms with van der Waals surface area (Å²) in [5, 5.41) is 8.92. The molecule has 0 radical (unpaired) electrons. The van der Waals surface area contributed by atoms with Crippen LogP contribution >= 0.6 is 0 Å². The number of carboxylic acid groups (broad SMARTS) is 1. The maximum Gasteiger partial charge on any atom is 0.303 e. The normalized spacial score (nSPS) is 24.1. The van der Waals surface area contributed by atoms with E-state index in [4.69, 9.17) is 9.84 Å². The molecule has 0 spiro atoms. The van der Waals surface area contributed by atoms with Crippen LogP contribution < -0.4 is 0 Å². The zero-order chi connectivity index (χ0) is 16.2. The van der Waals surface area contributed by atoms with Crippen LogP contribution in [0.2, 0.25) is 0 Å². The standard InChI is InChI=1S/C18H23NO4/c20-16(21)9-8-14-6-3-4-11-19(14)18(22)17-15-7-2-1-5-13(15)10-12-23-17/h1-2,5,7,14,17H,3-4,6,8-12H2,(H,20,21)/t14-,17+/m1/s1. The van der Waals surface area contributed by atoms with Gasteiger partial charge in [-0.3, -0.25) is 9.59 Å². The summed E-state index contributed by atoms with van der Waals surface area (Å²) in [5.41, 5.74) is 2.14. The van der Waals surface area contributed by atoms with Crippen LogP contribution in [-0.2, 0) is 20.7 Å². The quantitative estimate of drug-likeness (QED) is 0.927. The van der Waals surface area contributed by atoms with Gasteiger partial charge in [0.1, 0.15) is 0 Å². The fourth-order valence-electron chi connectivity index (χ4n) is 3.63. The van der Waals surface area contributed by atoms with E-state index in [1.54, 1.807) is 0 Å². The number of hydrogen-bond donors (Lipinski definition) is 1. The Morgan fingerprint density at radius 1 is 1.26 bits per heavy atom. The molecular formula is C18H23NO4. The van der Waals surface area contributed by atoms with Crippen LogP contribution in [0.15, 0.2) is 24.3 Å². The molecule has 1 saturated heterocycles. The lowest BCUT2D eigenvalue weighted by molar-refractivity contribution is -0.150. The van der Waals surface area contributed by atoms with Gasteiger partial charge in [0, 0.05) is 19.0 Å². The first-order valence-electron chi connectivity index (χ1n) is 8.38. The van der Waals surface area contributed by atoms with Crippen molar-refractivity contribution in [1.29, 1.82) is 0 Å². The number of aliphatic carboxylic acids is 1. The molecule has 5 nitrogen and oxygen atoms in total. The van der Waals surface area contributed by atoms with Crippen molar-refractivity contribution in [1.82, 2.24) is 4.90 Å². The van der Waals surface area contributed by atoms with E-state index in [9.17, 15) is 9.59 Å². The Hall–Kier alpha value is -1.88. The number of hydrogen-bond acceptors (Lipinski definition) is 3. The average Bonchev–Trinajstić information content (AvgIpc) is 2.59. The van der Waals surface area contributed by atoms with Crippen molar-refractivity contribution in [2.75, 3.05) is 13.2 Å². The van der Waals surface area contributed by atoms with Crippen LogP contribution in [0.4, 0.5) is 0 Å². The monoisotopic (exact) mass is 317 g/mol. The minimum absolute atomic E-state index is 0.00719. The third-order valence-electron chi connectivity index (χ3n) is 4.82. The van der Waals surface area contributed by atoms with E-state index in [0.717, 1.165) is 31.2 Å². The van der Waals surface area contributed by atoms with Gasteiger partial charge in [0.05, 0.1) is 6.61 Å². The number of amides is 1. The average molecular weight is 317 g/mol. The molecule has 0 unspecified atom stereocenters.